The molecule has 0 saturated carbocycles. The number of amides is 1. The van der Waals surface area contributed by atoms with Gasteiger partial charge >= 0.3 is 0 Å². The maximum atomic E-state index is 13.5. The van der Waals surface area contributed by atoms with Gasteiger partial charge in [0.25, 0.3) is 5.91 Å². The van der Waals surface area contributed by atoms with Crippen LogP contribution in [0.15, 0.2) is 29.8 Å². The number of hydrogen-bond acceptors (Lipinski definition) is 2. The van der Waals surface area contributed by atoms with Crippen LogP contribution in [0.25, 0.3) is 0 Å². The van der Waals surface area contributed by atoms with Crippen LogP contribution in [0.4, 0.5) is 4.39 Å². The Hall–Kier alpha value is -1.84. The number of hydrogen-bond donors (Lipinski definition) is 2. The predicted molar refractivity (Wildman–Crippen MR) is 71.6 cm³/mol. The Bertz CT molecular complexity index is 497. The molecule has 1 aliphatic carbocycles. The second-order valence-electron chi connectivity index (χ2n) is 4.78. The number of allylic oxidation sites excluding steroid dienone is 1. The monoisotopic (exact) mass is 263 g/mol. The van der Waals surface area contributed by atoms with Crippen molar-refractivity contribution in [2.75, 3.05) is 6.54 Å². The molecule has 0 fully saturated rings. The first-order chi connectivity index (χ1) is 9.16. The van der Waals surface area contributed by atoms with E-state index in [0.717, 1.165) is 25.3 Å². The number of halogens is 1. The van der Waals surface area contributed by atoms with Gasteiger partial charge in [-0.05, 0) is 44.2 Å². The van der Waals surface area contributed by atoms with Crippen molar-refractivity contribution in [1.82, 2.24) is 5.32 Å². The molecule has 0 atom stereocenters. The van der Waals surface area contributed by atoms with Gasteiger partial charge in [0.2, 0.25) is 0 Å². The lowest BCUT2D eigenvalue weighted by Crippen LogP contribution is -2.25. The molecule has 1 amide bonds. The summed E-state index contributed by atoms with van der Waals surface area (Å²) >= 11 is 0. The van der Waals surface area contributed by atoms with Gasteiger partial charge in [-0.25, -0.2) is 4.39 Å². The van der Waals surface area contributed by atoms with Gasteiger partial charge in [-0.3, -0.25) is 4.79 Å². The van der Waals surface area contributed by atoms with Crippen molar-refractivity contribution in [3.8, 4) is 5.75 Å². The second kappa shape index (κ2) is 6.36. The number of aromatic hydroxyl groups is 1. The van der Waals surface area contributed by atoms with E-state index in [1.165, 1.54) is 30.5 Å². The molecule has 1 aromatic rings. The molecule has 2 rings (SSSR count). The predicted octanol–water partition coefficient (Wildman–Crippen LogP) is 3.15. The van der Waals surface area contributed by atoms with E-state index in [-0.39, 0.29) is 11.3 Å². The van der Waals surface area contributed by atoms with Crippen molar-refractivity contribution in [2.45, 2.75) is 32.1 Å². The van der Waals surface area contributed by atoms with E-state index in [4.69, 9.17) is 5.11 Å². The minimum Gasteiger partial charge on any atom is -0.508 e. The summed E-state index contributed by atoms with van der Waals surface area (Å²) in [6.07, 6.45) is 7.74. The van der Waals surface area contributed by atoms with Crippen LogP contribution in [0, 0.1) is 5.82 Å². The molecule has 19 heavy (non-hydrogen) atoms. The van der Waals surface area contributed by atoms with Gasteiger partial charge in [-0.1, -0.05) is 11.6 Å². The Kier molecular flexibility index (Phi) is 4.55. The Labute approximate surface area is 112 Å². The third-order valence-electron chi connectivity index (χ3n) is 3.31. The molecule has 1 aromatic carbocycles. The van der Waals surface area contributed by atoms with E-state index in [1.807, 2.05) is 0 Å². The standard InChI is InChI=1S/C15H18FNO2/c16-14-10-12(18)6-7-13(14)15(19)17-9-8-11-4-2-1-3-5-11/h4,6-7,10,18H,1-3,5,8-9H2,(H,17,19). The lowest BCUT2D eigenvalue weighted by Gasteiger charge is -2.13. The van der Waals surface area contributed by atoms with Gasteiger partial charge in [0.1, 0.15) is 11.6 Å². The van der Waals surface area contributed by atoms with Gasteiger partial charge in [0, 0.05) is 12.6 Å². The van der Waals surface area contributed by atoms with Gasteiger partial charge < -0.3 is 10.4 Å². The van der Waals surface area contributed by atoms with Gasteiger partial charge in [0.15, 0.2) is 0 Å². The van der Waals surface area contributed by atoms with Crippen LogP contribution >= 0.6 is 0 Å². The SMILES string of the molecule is O=C(NCCC1=CCCCC1)c1ccc(O)cc1F. The zero-order valence-electron chi connectivity index (χ0n) is 10.8. The molecular formula is C15H18FNO2. The lowest BCUT2D eigenvalue weighted by molar-refractivity contribution is 0.0950. The van der Waals surface area contributed by atoms with Crippen LogP contribution in [0.1, 0.15) is 42.5 Å². The van der Waals surface area contributed by atoms with Gasteiger partial charge in [-0.15, -0.1) is 0 Å². The molecule has 0 aliphatic heterocycles. The number of benzene rings is 1. The summed E-state index contributed by atoms with van der Waals surface area (Å²) in [6, 6.07) is 3.54. The summed E-state index contributed by atoms with van der Waals surface area (Å²) in [6.45, 7) is 0.519. The number of nitrogens with one attached hydrogen (secondary N) is 1. The van der Waals surface area contributed by atoms with Crippen molar-refractivity contribution in [2.24, 2.45) is 0 Å². The minimum atomic E-state index is -0.700. The van der Waals surface area contributed by atoms with Crippen molar-refractivity contribution in [3.63, 3.8) is 0 Å². The normalized spacial score (nSPS) is 14.9. The van der Waals surface area contributed by atoms with Crippen LogP contribution < -0.4 is 5.32 Å². The number of carbonyl (C=O) groups excluding carboxylic acids is 1. The van der Waals surface area contributed by atoms with E-state index >= 15 is 0 Å². The van der Waals surface area contributed by atoms with Crippen molar-refractivity contribution >= 4 is 5.91 Å². The highest BCUT2D eigenvalue weighted by atomic mass is 19.1. The first kappa shape index (κ1) is 13.6. The fraction of sp³-hybridized carbons (Fsp3) is 0.400. The largest absolute Gasteiger partial charge is 0.508 e. The Morgan fingerprint density at radius 1 is 1.37 bits per heavy atom. The Morgan fingerprint density at radius 2 is 2.21 bits per heavy atom. The summed E-state index contributed by atoms with van der Waals surface area (Å²) in [5.74, 6) is -1.32. The zero-order valence-corrected chi connectivity index (χ0v) is 10.8. The molecular weight excluding hydrogens is 245 g/mol. The van der Waals surface area contributed by atoms with Crippen LogP contribution in [-0.4, -0.2) is 17.6 Å². The molecule has 0 heterocycles. The molecule has 2 N–H and O–H groups in total. The Balaban J connectivity index is 1.85. The molecule has 102 valence electrons. The fourth-order valence-corrected chi connectivity index (χ4v) is 2.25. The highest BCUT2D eigenvalue weighted by Gasteiger charge is 2.12. The molecule has 3 nitrogen and oxygen atoms in total. The van der Waals surface area contributed by atoms with E-state index in [9.17, 15) is 9.18 Å². The summed E-state index contributed by atoms with van der Waals surface area (Å²) in [7, 11) is 0. The maximum Gasteiger partial charge on any atom is 0.254 e. The van der Waals surface area contributed by atoms with E-state index in [0.29, 0.717) is 6.54 Å². The zero-order chi connectivity index (χ0) is 13.7. The van der Waals surface area contributed by atoms with Crippen LogP contribution in [0.3, 0.4) is 0 Å². The number of phenols is 1. The lowest BCUT2D eigenvalue weighted by atomic mass is 9.97. The molecule has 0 unspecified atom stereocenters. The highest BCUT2D eigenvalue weighted by molar-refractivity contribution is 5.94. The van der Waals surface area contributed by atoms with E-state index in [2.05, 4.69) is 11.4 Å². The minimum absolute atomic E-state index is 0.0320. The number of carbonyl (C=O) groups is 1. The van der Waals surface area contributed by atoms with Crippen LogP contribution in [0.2, 0.25) is 0 Å². The average molecular weight is 263 g/mol. The summed E-state index contributed by atoms with van der Waals surface area (Å²) in [4.78, 5) is 11.8. The molecule has 4 heteroatoms. The average Bonchev–Trinajstić information content (AvgIpc) is 2.39. The van der Waals surface area contributed by atoms with Gasteiger partial charge in [-0.2, -0.15) is 0 Å². The molecule has 1 aliphatic rings. The summed E-state index contributed by atoms with van der Waals surface area (Å²) in [5.41, 5.74) is 1.34. The van der Waals surface area contributed by atoms with Crippen LogP contribution in [-0.2, 0) is 0 Å². The van der Waals surface area contributed by atoms with Crippen LogP contribution in [0.5, 0.6) is 5.75 Å². The van der Waals surface area contributed by atoms with Gasteiger partial charge in [0.05, 0.1) is 5.56 Å². The topological polar surface area (TPSA) is 49.3 Å². The summed E-state index contributed by atoms with van der Waals surface area (Å²) in [5, 5.41) is 11.8. The molecule has 0 bridgehead atoms. The molecule has 0 spiro atoms. The fourth-order valence-electron chi connectivity index (χ4n) is 2.25. The first-order valence-electron chi connectivity index (χ1n) is 6.61. The Morgan fingerprint density at radius 3 is 2.89 bits per heavy atom. The van der Waals surface area contributed by atoms with E-state index < -0.39 is 11.7 Å². The third-order valence-corrected chi connectivity index (χ3v) is 3.31. The van der Waals surface area contributed by atoms with Crippen molar-refractivity contribution < 1.29 is 14.3 Å². The summed E-state index contributed by atoms with van der Waals surface area (Å²) < 4.78 is 13.5. The first-order valence-corrected chi connectivity index (χ1v) is 6.61. The highest BCUT2D eigenvalue weighted by Crippen LogP contribution is 2.19. The van der Waals surface area contributed by atoms with E-state index in [1.54, 1.807) is 0 Å². The smallest absolute Gasteiger partial charge is 0.254 e. The molecule has 0 radical (unpaired) electrons. The second-order valence-corrected chi connectivity index (χ2v) is 4.78. The molecule has 0 aromatic heterocycles. The molecule has 0 saturated heterocycles. The maximum absolute atomic E-state index is 13.5. The van der Waals surface area contributed by atoms with Crippen molar-refractivity contribution in [3.05, 3.63) is 41.2 Å². The quantitative estimate of drug-likeness (QED) is 0.820. The number of phenolic OH excluding ortho intramolecular Hbond substituents is 1. The third kappa shape index (κ3) is 3.81. The number of rotatable bonds is 4. The van der Waals surface area contributed by atoms with Crippen molar-refractivity contribution in [1.29, 1.82) is 0 Å².